The summed E-state index contributed by atoms with van der Waals surface area (Å²) in [5, 5.41) is 4.16. The molecular formula is C16H19N5O. The van der Waals surface area contributed by atoms with Gasteiger partial charge in [0.15, 0.2) is 0 Å². The van der Waals surface area contributed by atoms with Crippen molar-refractivity contribution < 1.29 is 4.79 Å². The average molecular weight is 297 g/mol. The molecular weight excluding hydrogens is 278 g/mol. The van der Waals surface area contributed by atoms with Gasteiger partial charge in [-0.2, -0.15) is 5.10 Å². The Bertz CT molecular complexity index is 725. The summed E-state index contributed by atoms with van der Waals surface area (Å²) in [6.45, 7) is 4.42. The molecule has 0 aromatic carbocycles. The highest BCUT2D eigenvalue weighted by Crippen LogP contribution is 2.36. The minimum absolute atomic E-state index is 0.0718. The highest BCUT2D eigenvalue weighted by atomic mass is 16.2. The van der Waals surface area contributed by atoms with E-state index in [1.807, 2.05) is 43.3 Å². The number of rotatable bonds is 2. The molecule has 4 heterocycles. The van der Waals surface area contributed by atoms with Crippen molar-refractivity contribution in [2.75, 3.05) is 29.4 Å². The molecule has 1 amide bonds. The standard InChI is InChI=1S/C16H19N5O/c1-11-4-3-5-15(18-11)20-7-12-8-21(16(22)14(12)10-20)13-6-17-19(2)9-13/h3-6,9,12,14H,7-8,10H2,1-2H3/t12-,14-/m0/s1. The van der Waals surface area contributed by atoms with E-state index in [1.165, 1.54) is 0 Å². The Hall–Kier alpha value is -2.37. The second-order valence-corrected chi connectivity index (χ2v) is 6.23. The first-order chi connectivity index (χ1) is 10.6. The van der Waals surface area contributed by atoms with Crippen LogP contribution in [-0.4, -0.2) is 40.3 Å². The lowest BCUT2D eigenvalue weighted by Crippen LogP contribution is -2.32. The predicted octanol–water partition coefficient (Wildman–Crippen LogP) is 1.22. The molecule has 0 bridgehead atoms. The summed E-state index contributed by atoms with van der Waals surface area (Å²) in [6, 6.07) is 6.04. The summed E-state index contributed by atoms with van der Waals surface area (Å²) in [5.74, 6) is 1.64. The third kappa shape index (κ3) is 2.06. The number of pyridine rings is 1. The maximum Gasteiger partial charge on any atom is 0.232 e. The molecule has 2 aliphatic heterocycles. The molecule has 2 aromatic rings. The first-order valence-corrected chi connectivity index (χ1v) is 7.60. The second-order valence-electron chi connectivity index (χ2n) is 6.23. The van der Waals surface area contributed by atoms with Gasteiger partial charge in [0.05, 0.1) is 17.8 Å². The van der Waals surface area contributed by atoms with Crippen molar-refractivity contribution in [2.24, 2.45) is 18.9 Å². The average Bonchev–Trinajstić information content (AvgIpc) is 3.16. The molecule has 2 atom stereocenters. The van der Waals surface area contributed by atoms with Crippen molar-refractivity contribution in [2.45, 2.75) is 6.92 Å². The van der Waals surface area contributed by atoms with Crippen molar-refractivity contribution in [3.63, 3.8) is 0 Å². The molecule has 0 unspecified atom stereocenters. The van der Waals surface area contributed by atoms with Crippen LogP contribution in [0.5, 0.6) is 0 Å². The molecule has 4 rings (SSSR count). The van der Waals surface area contributed by atoms with E-state index in [9.17, 15) is 4.79 Å². The molecule has 0 N–H and O–H groups in total. The summed E-state index contributed by atoms with van der Waals surface area (Å²) in [6.07, 6.45) is 3.66. The molecule has 22 heavy (non-hydrogen) atoms. The van der Waals surface area contributed by atoms with Crippen molar-refractivity contribution in [1.29, 1.82) is 0 Å². The van der Waals surface area contributed by atoms with Crippen LogP contribution in [0.15, 0.2) is 30.6 Å². The quantitative estimate of drug-likeness (QED) is 0.836. The summed E-state index contributed by atoms with van der Waals surface area (Å²) in [7, 11) is 1.87. The fraction of sp³-hybridized carbons (Fsp3) is 0.438. The fourth-order valence-electron chi connectivity index (χ4n) is 3.53. The maximum atomic E-state index is 12.7. The van der Waals surface area contributed by atoms with E-state index in [1.54, 1.807) is 10.9 Å². The van der Waals surface area contributed by atoms with Gasteiger partial charge in [-0.15, -0.1) is 0 Å². The molecule has 2 saturated heterocycles. The summed E-state index contributed by atoms with van der Waals surface area (Å²) in [5.41, 5.74) is 1.92. The van der Waals surface area contributed by atoms with E-state index in [0.717, 1.165) is 36.8 Å². The number of nitrogens with zero attached hydrogens (tertiary/aromatic N) is 5. The number of aromatic nitrogens is 3. The Kier molecular flexibility index (Phi) is 2.92. The Morgan fingerprint density at radius 2 is 2.09 bits per heavy atom. The lowest BCUT2D eigenvalue weighted by Gasteiger charge is -2.21. The van der Waals surface area contributed by atoms with Crippen LogP contribution in [0.3, 0.4) is 0 Å². The summed E-state index contributed by atoms with van der Waals surface area (Å²) in [4.78, 5) is 21.4. The largest absolute Gasteiger partial charge is 0.355 e. The predicted molar refractivity (Wildman–Crippen MR) is 83.7 cm³/mol. The molecule has 0 saturated carbocycles. The van der Waals surface area contributed by atoms with Gasteiger partial charge in [-0.25, -0.2) is 4.98 Å². The monoisotopic (exact) mass is 297 g/mol. The molecule has 0 spiro atoms. The Morgan fingerprint density at radius 3 is 2.77 bits per heavy atom. The zero-order valence-electron chi connectivity index (χ0n) is 12.8. The third-order valence-corrected chi connectivity index (χ3v) is 4.64. The van der Waals surface area contributed by atoms with Crippen molar-refractivity contribution >= 4 is 17.4 Å². The first-order valence-electron chi connectivity index (χ1n) is 7.60. The zero-order chi connectivity index (χ0) is 15.3. The lowest BCUT2D eigenvalue weighted by molar-refractivity contribution is -0.120. The van der Waals surface area contributed by atoms with E-state index < -0.39 is 0 Å². The number of carbonyl (C=O) groups is 1. The first kappa shape index (κ1) is 13.3. The van der Waals surface area contributed by atoms with Gasteiger partial charge in [-0.3, -0.25) is 9.48 Å². The highest BCUT2D eigenvalue weighted by molar-refractivity contribution is 5.98. The van der Waals surface area contributed by atoms with Gasteiger partial charge in [0.25, 0.3) is 0 Å². The van der Waals surface area contributed by atoms with Gasteiger partial charge in [-0.05, 0) is 19.1 Å². The Labute approximate surface area is 129 Å². The minimum atomic E-state index is 0.0718. The van der Waals surface area contributed by atoms with Crippen LogP contribution in [-0.2, 0) is 11.8 Å². The Balaban J connectivity index is 1.52. The fourth-order valence-corrected chi connectivity index (χ4v) is 3.53. The molecule has 114 valence electrons. The number of hydrogen-bond acceptors (Lipinski definition) is 4. The van der Waals surface area contributed by atoms with Crippen LogP contribution in [0.4, 0.5) is 11.5 Å². The SMILES string of the molecule is Cc1cccc(N2C[C@H]3CN(c4cnn(C)c4)C(=O)[C@H]3C2)n1. The number of fused-ring (bicyclic) bond motifs is 1. The van der Waals surface area contributed by atoms with Gasteiger partial charge in [0.2, 0.25) is 5.91 Å². The van der Waals surface area contributed by atoms with E-state index in [4.69, 9.17) is 0 Å². The summed E-state index contributed by atoms with van der Waals surface area (Å²) < 4.78 is 1.74. The third-order valence-electron chi connectivity index (χ3n) is 4.64. The van der Waals surface area contributed by atoms with Crippen LogP contribution < -0.4 is 9.80 Å². The van der Waals surface area contributed by atoms with E-state index in [-0.39, 0.29) is 11.8 Å². The van der Waals surface area contributed by atoms with Gasteiger partial charge in [-0.1, -0.05) is 6.07 Å². The minimum Gasteiger partial charge on any atom is -0.355 e. The lowest BCUT2D eigenvalue weighted by atomic mass is 10.0. The van der Waals surface area contributed by atoms with Crippen LogP contribution in [0.2, 0.25) is 0 Å². The molecule has 0 aliphatic carbocycles. The molecule has 6 heteroatoms. The number of carbonyl (C=O) groups excluding carboxylic acids is 1. The highest BCUT2D eigenvalue weighted by Gasteiger charge is 2.47. The Morgan fingerprint density at radius 1 is 1.23 bits per heavy atom. The van der Waals surface area contributed by atoms with E-state index in [0.29, 0.717) is 5.92 Å². The van der Waals surface area contributed by atoms with Crippen molar-refractivity contribution in [3.8, 4) is 0 Å². The van der Waals surface area contributed by atoms with Crippen LogP contribution in [0.25, 0.3) is 0 Å². The van der Waals surface area contributed by atoms with Gasteiger partial charge >= 0.3 is 0 Å². The van der Waals surface area contributed by atoms with Gasteiger partial charge < -0.3 is 9.80 Å². The summed E-state index contributed by atoms with van der Waals surface area (Å²) >= 11 is 0. The number of hydrogen-bond donors (Lipinski definition) is 0. The van der Waals surface area contributed by atoms with Gasteiger partial charge in [0, 0.05) is 44.5 Å². The topological polar surface area (TPSA) is 54.3 Å². The number of aryl methyl sites for hydroxylation is 2. The molecule has 0 radical (unpaired) electrons. The smallest absolute Gasteiger partial charge is 0.232 e. The molecule has 2 aliphatic rings. The van der Waals surface area contributed by atoms with Crippen molar-refractivity contribution in [3.05, 3.63) is 36.3 Å². The zero-order valence-corrected chi connectivity index (χ0v) is 12.8. The second kappa shape index (κ2) is 4.83. The molecule has 6 nitrogen and oxygen atoms in total. The number of amides is 1. The van der Waals surface area contributed by atoms with Crippen molar-refractivity contribution in [1.82, 2.24) is 14.8 Å². The normalized spacial score (nSPS) is 24.2. The van der Waals surface area contributed by atoms with E-state index >= 15 is 0 Å². The molecule has 2 aromatic heterocycles. The van der Waals surface area contributed by atoms with Crippen LogP contribution in [0.1, 0.15) is 5.69 Å². The molecule has 2 fully saturated rings. The van der Waals surface area contributed by atoms with E-state index in [2.05, 4.69) is 15.0 Å². The van der Waals surface area contributed by atoms with Gasteiger partial charge in [0.1, 0.15) is 5.82 Å². The van der Waals surface area contributed by atoms with Crippen LogP contribution >= 0.6 is 0 Å². The number of anilines is 2. The van der Waals surface area contributed by atoms with Crippen LogP contribution in [0, 0.1) is 18.8 Å². The maximum absolute atomic E-state index is 12.7.